The molecule has 0 spiro atoms. The summed E-state index contributed by atoms with van der Waals surface area (Å²) in [6.07, 6.45) is 1.17. The van der Waals surface area contributed by atoms with Gasteiger partial charge in [-0.3, -0.25) is 0 Å². The maximum Gasteiger partial charge on any atom is 1.00 e. The number of fused-ring (bicyclic) bond motifs is 1. The minimum absolute atomic E-state index is 0. The van der Waals surface area contributed by atoms with Gasteiger partial charge in [-0.15, -0.1) is 12.1 Å². The van der Waals surface area contributed by atoms with Crippen LogP contribution in [0.25, 0.3) is 16.1 Å². The van der Waals surface area contributed by atoms with E-state index in [1.165, 1.54) is 28.3 Å². The summed E-state index contributed by atoms with van der Waals surface area (Å²) in [4.78, 5) is 2.54. The first-order chi connectivity index (χ1) is 12.3. The smallest absolute Gasteiger partial charge is 0.652 e. The maximum absolute atomic E-state index is 5.05. The fourth-order valence-electron chi connectivity index (χ4n) is 3.81. The van der Waals surface area contributed by atoms with Crippen molar-refractivity contribution >= 4 is 10.8 Å². The monoisotopic (exact) mass is 336 g/mol. The van der Waals surface area contributed by atoms with Crippen LogP contribution >= 0.6 is 0 Å². The summed E-state index contributed by atoms with van der Waals surface area (Å²) < 4.78 is 0. The molecule has 1 saturated heterocycles. The zero-order valence-electron chi connectivity index (χ0n) is 15.8. The van der Waals surface area contributed by atoms with Gasteiger partial charge in [-0.1, -0.05) is 85.6 Å². The molecule has 128 valence electrons. The number of nitrogens with zero attached hydrogens (tertiary/aromatic N) is 2. The molecule has 2 nitrogen and oxygen atoms in total. The first-order valence-corrected chi connectivity index (χ1v) is 9.23. The second kappa shape index (κ2) is 8.89. The Morgan fingerprint density at radius 1 is 0.962 bits per heavy atom. The molecule has 0 amide bonds. The zero-order chi connectivity index (χ0) is 17.1. The van der Waals surface area contributed by atoms with Crippen molar-refractivity contribution in [3.05, 3.63) is 89.2 Å². The summed E-state index contributed by atoms with van der Waals surface area (Å²) in [5.41, 5.74) is 2.71. The van der Waals surface area contributed by atoms with Crippen molar-refractivity contribution in [3.63, 3.8) is 0 Å². The molecule has 0 bridgehead atoms. The molecule has 4 rings (SSSR count). The molecule has 2 atom stereocenters. The Labute approximate surface area is 168 Å². The van der Waals surface area contributed by atoms with Crippen LogP contribution in [0.4, 0.5) is 0 Å². The van der Waals surface area contributed by atoms with Crippen LogP contribution in [-0.2, 0) is 6.54 Å². The quantitative estimate of drug-likeness (QED) is 0.655. The minimum Gasteiger partial charge on any atom is -0.652 e. The molecular formula is C23H25LiN2. The Kier molecular flexibility index (Phi) is 6.56. The minimum atomic E-state index is 0. The fourth-order valence-corrected chi connectivity index (χ4v) is 3.81. The molecule has 26 heavy (non-hydrogen) atoms. The summed E-state index contributed by atoms with van der Waals surface area (Å²) in [6, 6.07) is 26.8. The number of hydrogen-bond acceptors (Lipinski definition) is 1. The Morgan fingerprint density at radius 3 is 2.50 bits per heavy atom. The fraction of sp³-hybridized carbons (Fsp3) is 0.304. The van der Waals surface area contributed by atoms with Crippen molar-refractivity contribution < 1.29 is 18.9 Å². The molecule has 1 aliphatic rings. The molecule has 3 aromatic carbocycles. The predicted octanol–water partition coefficient (Wildman–Crippen LogP) is 2.55. The molecule has 1 fully saturated rings. The van der Waals surface area contributed by atoms with Gasteiger partial charge in [0, 0.05) is 6.54 Å². The Balaban J connectivity index is 0.00000196. The second-order valence-corrected chi connectivity index (χ2v) is 7.09. The Hall–Kier alpha value is -1.56. The molecule has 0 unspecified atom stereocenters. The summed E-state index contributed by atoms with van der Waals surface area (Å²) in [7, 11) is 0. The molecule has 0 aliphatic carbocycles. The van der Waals surface area contributed by atoms with E-state index in [2.05, 4.69) is 84.6 Å². The second-order valence-electron chi connectivity index (χ2n) is 7.09. The van der Waals surface area contributed by atoms with Crippen molar-refractivity contribution in [1.29, 1.82) is 0 Å². The zero-order valence-corrected chi connectivity index (χ0v) is 15.8. The van der Waals surface area contributed by atoms with Crippen LogP contribution in [0.3, 0.4) is 0 Å². The van der Waals surface area contributed by atoms with E-state index in [9.17, 15) is 0 Å². The van der Waals surface area contributed by atoms with Crippen molar-refractivity contribution in [2.75, 3.05) is 13.1 Å². The van der Waals surface area contributed by atoms with Gasteiger partial charge in [0.05, 0.1) is 0 Å². The number of benzene rings is 3. The summed E-state index contributed by atoms with van der Waals surface area (Å²) in [5, 5.41) is 7.69. The van der Waals surface area contributed by atoms with E-state index in [-0.39, 0.29) is 24.9 Å². The number of hydrogen-bond donors (Lipinski definition) is 0. The number of likely N-dealkylation sites (tertiary alicyclic amines) is 1. The van der Waals surface area contributed by atoms with Crippen LogP contribution in [-0.4, -0.2) is 24.0 Å². The van der Waals surface area contributed by atoms with Crippen LogP contribution in [0.2, 0.25) is 0 Å². The Morgan fingerprint density at radius 2 is 1.69 bits per heavy atom. The summed E-state index contributed by atoms with van der Waals surface area (Å²) >= 11 is 0. The van der Waals surface area contributed by atoms with Crippen LogP contribution < -0.4 is 18.9 Å². The Bertz CT molecular complexity index is 834. The molecule has 1 heterocycles. The predicted molar refractivity (Wildman–Crippen MR) is 106 cm³/mol. The van der Waals surface area contributed by atoms with E-state index in [0.717, 1.165) is 19.6 Å². The van der Waals surface area contributed by atoms with Gasteiger partial charge in [-0.05, 0) is 35.5 Å². The van der Waals surface area contributed by atoms with Gasteiger partial charge in [0.25, 0.3) is 0 Å². The third-order valence-electron chi connectivity index (χ3n) is 5.18. The molecule has 0 N–H and O–H groups in total. The summed E-state index contributed by atoms with van der Waals surface area (Å²) in [5.74, 6) is 0. The van der Waals surface area contributed by atoms with Gasteiger partial charge < -0.3 is 10.2 Å². The topological polar surface area (TPSA) is 17.3 Å². The van der Waals surface area contributed by atoms with Crippen molar-refractivity contribution in [2.24, 2.45) is 0 Å². The summed E-state index contributed by atoms with van der Waals surface area (Å²) in [6.45, 7) is 5.45. The van der Waals surface area contributed by atoms with E-state index in [4.69, 9.17) is 5.32 Å². The molecule has 0 radical (unpaired) electrons. The average Bonchev–Trinajstić information content (AvgIpc) is 3.09. The van der Waals surface area contributed by atoms with E-state index >= 15 is 0 Å². The molecule has 3 heteroatoms. The number of rotatable bonds is 5. The van der Waals surface area contributed by atoms with Gasteiger partial charge in [0.15, 0.2) is 0 Å². The van der Waals surface area contributed by atoms with Crippen molar-refractivity contribution in [2.45, 2.75) is 32.0 Å². The van der Waals surface area contributed by atoms with E-state index in [1.54, 1.807) is 0 Å². The normalized spacial score (nSPS) is 18.6. The first kappa shape index (κ1) is 19.2. The van der Waals surface area contributed by atoms with Crippen LogP contribution in [0, 0.1) is 0 Å². The van der Waals surface area contributed by atoms with Crippen molar-refractivity contribution in [3.8, 4) is 0 Å². The van der Waals surface area contributed by atoms with Crippen LogP contribution in [0.5, 0.6) is 0 Å². The molecular weight excluding hydrogens is 311 g/mol. The first-order valence-electron chi connectivity index (χ1n) is 9.23. The van der Waals surface area contributed by atoms with Crippen molar-refractivity contribution in [1.82, 2.24) is 4.90 Å². The third kappa shape index (κ3) is 4.58. The largest absolute Gasteiger partial charge is 1.00 e. The van der Waals surface area contributed by atoms with E-state index in [1.807, 2.05) is 0 Å². The third-order valence-corrected chi connectivity index (χ3v) is 5.18. The van der Waals surface area contributed by atoms with Gasteiger partial charge in [-0.25, -0.2) is 0 Å². The van der Waals surface area contributed by atoms with Gasteiger partial charge >= 0.3 is 18.9 Å². The molecule has 1 aliphatic heterocycles. The SMILES string of the molecule is C[C@@H]([N-][C@H]1CCN(Cc2ccc3ccccc3c2)C1)c1ccccc1.[Li+]. The van der Waals surface area contributed by atoms with Crippen LogP contribution in [0.15, 0.2) is 72.8 Å². The maximum atomic E-state index is 5.05. The van der Waals surface area contributed by atoms with Gasteiger partial charge in [-0.2, -0.15) is 0 Å². The van der Waals surface area contributed by atoms with Gasteiger partial charge in [0.1, 0.15) is 0 Å². The van der Waals surface area contributed by atoms with Crippen LogP contribution in [0.1, 0.15) is 30.5 Å². The molecule has 0 aromatic heterocycles. The average molecular weight is 336 g/mol. The van der Waals surface area contributed by atoms with E-state index < -0.39 is 0 Å². The molecule has 0 saturated carbocycles. The van der Waals surface area contributed by atoms with Gasteiger partial charge in [0.2, 0.25) is 0 Å². The van der Waals surface area contributed by atoms with E-state index in [0.29, 0.717) is 6.04 Å². The standard InChI is InChI=1S/C23H25N2.Li/c1-18(20-7-3-2-4-8-20)24-23-13-14-25(17-23)16-19-11-12-21-9-5-6-10-22(21)15-19;/h2-12,15,18,23H,13-14,16-17H2,1H3;/q-1;+1/t18-,23+;/m1./s1. The molecule has 3 aromatic rings.